The molecule has 0 bridgehead atoms. The van der Waals surface area contributed by atoms with Crippen LogP contribution in [0.25, 0.3) is 0 Å². The maximum atomic E-state index is 13.4. The van der Waals surface area contributed by atoms with Crippen molar-refractivity contribution in [2.24, 2.45) is 0 Å². The van der Waals surface area contributed by atoms with E-state index in [1.54, 1.807) is 23.2 Å². The normalized spacial score (nSPS) is 16.3. The molecule has 0 aliphatic carbocycles. The number of hydrogen-bond donors (Lipinski definition) is 0. The van der Waals surface area contributed by atoms with Crippen molar-refractivity contribution in [3.05, 3.63) is 57.3 Å². The largest absolute Gasteiger partial charge is 0.334 e. The Balaban J connectivity index is 1.89. The zero-order valence-corrected chi connectivity index (χ0v) is 19.7. The Hall–Kier alpha value is -2.14. The molecule has 1 aromatic heterocycles. The van der Waals surface area contributed by atoms with Gasteiger partial charge in [0.2, 0.25) is 11.8 Å². The Kier molecular flexibility index (Phi) is 7.02. The van der Waals surface area contributed by atoms with E-state index < -0.39 is 0 Å². The summed E-state index contributed by atoms with van der Waals surface area (Å²) in [6.45, 7) is 11.8. The van der Waals surface area contributed by atoms with E-state index in [-0.39, 0.29) is 29.8 Å². The van der Waals surface area contributed by atoms with Crippen LogP contribution in [0.4, 0.5) is 0 Å². The van der Waals surface area contributed by atoms with E-state index in [0.717, 1.165) is 24.8 Å². The van der Waals surface area contributed by atoms with Gasteiger partial charge in [0.1, 0.15) is 0 Å². The Bertz CT molecular complexity index is 879. The minimum absolute atomic E-state index is 0.0306. The molecule has 1 atom stereocenters. The number of hydrogen-bond acceptors (Lipinski definition) is 3. The summed E-state index contributed by atoms with van der Waals surface area (Å²) in [6.07, 6.45) is 2.80. The van der Waals surface area contributed by atoms with E-state index in [1.165, 1.54) is 16.0 Å². The van der Waals surface area contributed by atoms with Crippen molar-refractivity contribution in [3.8, 4) is 0 Å². The van der Waals surface area contributed by atoms with Crippen molar-refractivity contribution in [2.45, 2.75) is 65.3 Å². The van der Waals surface area contributed by atoms with Crippen LogP contribution in [0.3, 0.4) is 0 Å². The predicted octanol–water partition coefficient (Wildman–Crippen LogP) is 5.17. The van der Waals surface area contributed by atoms with E-state index in [2.05, 4.69) is 63.4 Å². The standard InChI is InChI=1S/C25H34N2O2S/c1-6-7-14-26(18(2)28)17-23(29)27-15-12-22-21(13-16-30-22)24(27)19-8-10-20(11-9-19)25(3,4)5/h8-11,13,16,24H,6-7,12,14-15,17H2,1-5H3. The summed E-state index contributed by atoms with van der Waals surface area (Å²) in [5, 5.41) is 2.12. The third kappa shape index (κ3) is 4.94. The molecule has 5 heteroatoms. The molecule has 3 rings (SSSR count). The van der Waals surface area contributed by atoms with Crippen molar-refractivity contribution in [1.82, 2.24) is 9.80 Å². The van der Waals surface area contributed by atoms with Gasteiger partial charge in [-0.3, -0.25) is 9.59 Å². The number of unbranched alkanes of at least 4 members (excludes halogenated alkanes) is 1. The minimum atomic E-state index is -0.0819. The van der Waals surface area contributed by atoms with Crippen LogP contribution < -0.4 is 0 Å². The van der Waals surface area contributed by atoms with Crippen LogP contribution in [0.5, 0.6) is 0 Å². The van der Waals surface area contributed by atoms with Gasteiger partial charge in [-0.2, -0.15) is 0 Å². The topological polar surface area (TPSA) is 40.6 Å². The van der Waals surface area contributed by atoms with Crippen LogP contribution in [0.2, 0.25) is 0 Å². The van der Waals surface area contributed by atoms with Gasteiger partial charge in [-0.05, 0) is 46.4 Å². The second-order valence-corrected chi connectivity index (χ2v) is 10.2. The summed E-state index contributed by atoms with van der Waals surface area (Å²) in [6, 6.07) is 10.8. The molecule has 2 amide bonds. The van der Waals surface area contributed by atoms with Crippen molar-refractivity contribution >= 4 is 23.2 Å². The highest BCUT2D eigenvalue weighted by molar-refractivity contribution is 7.10. The van der Waals surface area contributed by atoms with Gasteiger partial charge in [-0.1, -0.05) is 58.4 Å². The van der Waals surface area contributed by atoms with Crippen molar-refractivity contribution in [3.63, 3.8) is 0 Å². The maximum Gasteiger partial charge on any atom is 0.242 e. The van der Waals surface area contributed by atoms with Crippen LogP contribution in [0.1, 0.15) is 75.1 Å². The molecule has 30 heavy (non-hydrogen) atoms. The van der Waals surface area contributed by atoms with Crippen molar-refractivity contribution in [2.75, 3.05) is 19.6 Å². The average Bonchev–Trinajstić information content (AvgIpc) is 3.18. The molecule has 1 aromatic carbocycles. The Morgan fingerprint density at radius 2 is 1.87 bits per heavy atom. The smallest absolute Gasteiger partial charge is 0.242 e. The van der Waals surface area contributed by atoms with E-state index in [1.807, 2.05) is 4.90 Å². The molecule has 1 aliphatic rings. The highest BCUT2D eigenvalue weighted by atomic mass is 32.1. The summed E-state index contributed by atoms with van der Waals surface area (Å²) in [7, 11) is 0. The fourth-order valence-electron chi connectivity index (χ4n) is 4.06. The summed E-state index contributed by atoms with van der Waals surface area (Å²) in [4.78, 5) is 30.4. The first-order valence-corrected chi connectivity index (χ1v) is 11.8. The van der Waals surface area contributed by atoms with Crippen LogP contribution in [-0.2, 0) is 21.4 Å². The van der Waals surface area contributed by atoms with E-state index in [4.69, 9.17) is 0 Å². The van der Waals surface area contributed by atoms with Crippen LogP contribution in [0.15, 0.2) is 35.7 Å². The predicted molar refractivity (Wildman–Crippen MR) is 124 cm³/mol. The van der Waals surface area contributed by atoms with Gasteiger partial charge in [-0.15, -0.1) is 11.3 Å². The lowest BCUT2D eigenvalue weighted by Crippen LogP contribution is -2.46. The van der Waals surface area contributed by atoms with Crippen LogP contribution in [-0.4, -0.2) is 41.2 Å². The molecule has 0 saturated carbocycles. The van der Waals surface area contributed by atoms with Crippen LogP contribution >= 0.6 is 11.3 Å². The molecule has 0 N–H and O–H groups in total. The molecule has 162 valence electrons. The zero-order chi connectivity index (χ0) is 21.9. The van der Waals surface area contributed by atoms with Gasteiger partial charge in [0.05, 0.1) is 12.6 Å². The van der Waals surface area contributed by atoms with Crippen LogP contribution in [0, 0.1) is 0 Å². The monoisotopic (exact) mass is 426 g/mol. The molecular formula is C25H34N2O2S. The third-order valence-electron chi connectivity index (χ3n) is 5.93. The lowest BCUT2D eigenvalue weighted by atomic mass is 9.85. The van der Waals surface area contributed by atoms with Crippen molar-refractivity contribution in [1.29, 1.82) is 0 Å². The van der Waals surface area contributed by atoms with Gasteiger partial charge >= 0.3 is 0 Å². The first-order valence-electron chi connectivity index (χ1n) is 10.9. The Morgan fingerprint density at radius 3 is 2.47 bits per heavy atom. The summed E-state index contributed by atoms with van der Waals surface area (Å²) < 4.78 is 0. The first kappa shape index (κ1) is 22.5. The first-order chi connectivity index (χ1) is 14.2. The zero-order valence-electron chi connectivity index (χ0n) is 18.9. The molecule has 4 nitrogen and oxygen atoms in total. The van der Waals surface area contributed by atoms with Gasteiger partial charge in [0.25, 0.3) is 0 Å². The lowest BCUT2D eigenvalue weighted by molar-refractivity contribution is -0.140. The number of benzene rings is 1. The number of fused-ring (bicyclic) bond motifs is 1. The molecule has 0 fully saturated rings. The van der Waals surface area contributed by atoms with E-state index >= 15 is 0 Å². The second-order valence-electron chi connectivity index (χ2n) is 9.20. The summed E-state index contributed by atoms with van der Waals surface area (Å²) in [5.74, 6) is -0.000775. The number of carbonyl (C=O) groups excluding carboxylic acids is 2. The molecule has 0 radical (unpaired) electrons. The van der Waals surface area contributed by atoms with Gasteiger partial charge in [0, 0.05) is 24.9 Å². The Morgan fingerprint density at radius 1 is 1.17 bits per heavy atom. The van der Waals surface area contributed by atoms with Gasteiger partial charge in [-0.25, -0.2) is 0 Å². The highest BCUT2D eigenvalue weighted by Crippen LogP contribution is 2.38. The molecule has 0 saturated heterocycles. The van der Waals surface area contributed by atoms with Crippen molar-refractivity contribution < 1.29 is 9.59 Å². The third-order valence-corrected chi connectivity index (χ3v) is 6.93. The van der Waals surface area contributed by atoms with E-state index in [9.17, 15) is 9.59 Å². The number of amides is 2. The molecule has 0 spiro atoms. The fourth-order valence-corrected chi connectivity index (χ4v) is 4.96. The highest BCUT2D eigenvalue weighted by Gasteiger charge is 2.33. The number of thiophene rings is 1. The fraction of sp³-hybridized carbons (Fsp3) is 0.520. The van der Waals surface area contributed by atoms with Gasteiger partial charge < -0.3 is 9.80 Å². The quantitative estimate of drug-likeness (QED) is 0.639. The molecule has 2 heterocycles. The number of carbonyl (C=O) groups is 2. The average molecular weight is 427 g/mol. The SMILES string of the molecule is CCCCN(CC(=O)N1CCc2sccc2C1c1ccc(C(C)(C)C)cc1)C(C)=O. The second kappa shape index (κ2) is 9.34. The molecule has 2 aromatic rings. The molecular weight excluding hydrogens is 392 g/mol. The van der Waals surface area contributed by atoms with E-state index in [0.29, 0.717) is 13.1 Å². The molecule has 1 unspecified atom stereocenters. The summed E-state index contributed by atoms with van der Waals surface area (Å²) in [5.41, 5.74) is 3.74. The molecule has 1 aliphatic heterocycles. The lowest BCUT2D eigenvalue weighted by Gasteiger charge is -2.37. The number of nitrogens with zero attached hydrogens (tertiary/aromatic N) is 2. The Labute approximate surface area is 184 Å². The summed E-state index contributed by atoms with van der Waals surface area (Å²) >= 11 is 1.77. The minimum Gasteiger partial charge on any atom is -0.334 e. The van der Waals surface area contributed by atoms with Gasteiger partial charge in [0.15, 0.2) is 0 Å². The maximum absolute atomic E-state index is 13.4. The number of rotatable bonds is 6.